The first-order valence-corrected chi connectivity index (χ1v) is 8.00. The van der Waals surface area contributed by atoms with Gasteiger partial charge in [-0.3, -0.25) is 9.59 Å². The highest BCUT2D eigenvalue weighted by molar-refractivity contribution is 5.90. The van der Waals surface area contributed by atoms with Gasteiger partial charge in [-0.2, -0.15) is 0 Å². The smallest absolute Gasteiger partial charge is 0.245 e. The van der Waals surface area contributed by atoms with Crippen LogP contribution in [-0.2, 0) is 16.1 Å². The predicted octanol–water partition coefficient (Wildman–Crippen LogP) is 1.72. The van der Waals surface area contributed by atoms with Crippen molar-refractivity contribution >= 4 is 11.8 Å². The minimum absolute atomic E-state index is 0.0144. The second-order valence-electron chi connectivity index (χ2n) is 7.07. The number of carbonyl (C=O) groups is 2. The van der Waals surface area contributed by atoms with Crippen molar-refractivity contribution in [3.05, 3.63) is 35.4 Å². The van der Waals surface area contributed by atoms with E-state index < -0.39 is 11.6 Å². The maximum atomic E-state index is 12.6. The Hall–Kier alpha value is -1.88. The normalized spacial score (nSPS) is 18.4. The molecule has 2 amide bonds. The largest absolute Gasteiger partial charge is 0.389 e. The van der Waals surface area contributed by atoms with Gasteiger partial charge in [-0.05, 0) is 32.8 Å². The fourth-order valence-corrected chi connectivity index (χ4v) is 2.99. The van der Waals surface area contributed by atoms with Crippen molar-refractivity contribution in [2.75, 3.05) is 13.6 Å². The molecule has 2 rings (SSSR count). The first-order valence-electron chi connectivity index (χ1n) is 8.00. The Labute approximate surface area is 137 Å². The molecule has 1 atom stereocenters. The van der Waals surface area contributed by atoms with Gasteiger partial charge in [0.1, 0.15) is 6.04 Å². The molecule has 0 saturated carbocycles. The van der Waals surface area contributed by atoms with Crippen LogP contribution >= 0.6 is 0 Å². The molecule has 1 unspecified atom stereocenters. The van der Waals surface area contributed by atoms with Crippen molar-refractivity contribution in [2.24, 2.45) is 0 Å². The van der Waals surface area contributed by atoms with E-state index in [4.69, 9.17) is 0 Å². The highest BCUT2D eigenvalue weighted by Crippen LogP contribution is 2.23. The Morgan fingerprint density at radius 3 is 2.52 bits per heavy atom. The molecule has 0 aromatic heterocycles. The number of nitrogens with zero attached hydrogens (tertiary/aromatic N) is 2. The maximum absolute atomic E-state index is 12.6. The molecule has 126 valence electrons. The van der Waals surface area contributed by atoms with Gasteiger partial charge in [-0.25, -0.2) is 0 Å². The number of hydrogen-bond donors (Lipinski definition) is 1. The van der Waals surface area contributed by atoms with Crippen LogP contribution < -0.4 is 0 Å². The summed E-state index contributed by atoms with van der Waals surface area (Å²) in [4.78, 5) is 28.0. The quantitative estimate of drug-likeness (QED) is 0.899. The number of aryl methyl sites for hydroxylation is 1. The van der Waals surface area contributed by atoms with Crippen LogP contribution in [0, 0.1) is 6.92 Å². The van der Waals surface area contributed by atoms with Gasteiger partial charge in [0.05, 0.1) is 5.60 Å². The number of carbonyl (C=O) groups excluding carboxylic acids is 2. The molecule has 5 heteroatoms. The van der Waals surface area contributed by atoms with Gasteiger partial charge in [0.25, 0.3) is 0 Å². The highest BCUT2D eigenvalue weighted by Gasteiger charge is 2.38. The topological polar surface area (TPSA) is 60.9 Å². The number of amides is 2. The van der Waals surface area contributed by atoms with E-state index in [0.29, 0.717) is 19.4 Å². The molecular formula is C18H26N2O3. The van der Waals surface area contributed by atoms with E-state index in [9.17, 15) is 14.7 Å². The molecule has 5 nitrogen and oxygen atoms in total. The fraction of sp³-hybridized carbons (Fsp3) is 0.556. The number of likely N-dealkylation sites (tertiary alicyclic amines) is 1. The van der Waals surface area contributed by atoms with Crippen LogP contribution in [0.25, 0.3) is 0 Å². The second kappa shape index (κ2) is 6.71. The van der Waals surface area contributed by atoms with Crippen molar-refractivity contribution in [1.29, 1.82) is 0 Å². The second-order valence-corrected chi connectivity index (χ2v) is 7.07. The Morgan fingerprint density at radius 1 is 1.35 bits per heavy atom. The molecule has 0 aliphatic carbocycles. The standard InChI is InChI=1S/C18H26N2O3/c1-13-5-7-14(8-6-13)11-20-15(9-10-16(20)21)17(22)19(4)12-18(2,3)23/h5-8,15,23H,9-12H2,1-4H3. The summed E-state index contributed by atoms with van der Waals surface area (Å²) in [6, 6.07) is 7.56. The van der Waals surface area contributed by atoms with Crippen LogP contribution in [0.1, 0.15) is 37.8 Å². The minimum Gasteiger partial charge on any atom is -0.389 e. The minimum atomic E-state index is -0.950. The Morgan fingerprint density at radius 2 is 1.96 bits per heavy atom. The third kappa shape index (κ3) is 4.55. The van der Waals surface area contributed by atoms with Crippen molar-refractivity contribution in [3.8, 4) is 0 Å². The molecule has 0 bridgehead atoms. The van der Waals surface area contributed by atoms with E-state index in [2.05, 4.69) is 0 Å². The fourth-order valence-electron chi connectivity index (χ4n) is 2.99. The van der Waals surface area contributed by atoms with Crippen LogP contribution in [0.5, 0.6) is 0 Å². The van der Waals surface area contributed by atoms with E-state index in [1.807, 2.05) is 31.2 Å². The van der Waals surface area contributed by atoms with Gasteiger partial charge in [-0.15, -0.1) is 0 Å². The molecule has 1 aliphatic heterocycles. The van der Waals surface area contributed by atoms with E-state index in [1.165, 1.54) is 10.5 Å². The lowest BCUT2D eigenvalue weighted by Crippen LogP contribution is -2.48. The van der Waals surface area contributed by atoms with Gasteiger partial charge in [0.15, 0.2) is 0 Å². The van der Waals surface area contributed by atoms with Crippen LogP contribution in [0.3, 0.4) is 0 Å². The maximum Gasteiger partial charge on any atom is 0.245 e. The highest BCUT2D eigenvalue weighted by atomic mass is 16.3. The zero-order valence-electron chi connectivity index (χ0n) is 14.4. The summed E-state index contributed by atoms with van der Waals surface area (Å²) in [5.74, 6) is -0.0920. The SMILES string of the molecule is Cc1ccc(CN2C(=O)CCC2C(=O)N(C)CC(C)(C)O)cc1. The molecule has 1 saturated heterocycles. The summed E-state index contributed by atoms with van der Waals surface area (Å²) in [5, 5.41) is 9.88. The average Bonchev–Trinajstić information content (AvgIpc) is 2.80. The Balaban J connectivity index is 2.09. The van der Waals surface area contributed by atoms with Gasteiger partial charge in [0, 0.05) is 26.6 Å². The zero-order chi connectivity index (χ0) is 17.2. The summed E-state index contributed by atoms with van der Waals surface area (Å²) in [6.07, 6.45) is 0.943. The average molecular weight is 318 g/mol. The van der Waals surface area contributed by atoms with Crippen LogP contribution in [-0.4, -0.2) is 52.0 Å². The predicted molar refractivity (Wildman–Crippen MR) is 88.7 cm³/mol. The molecule has 1 aromatic rings. The summed E-state index contributed by atoms with van der Waals surface area (Å²) >= 11 is 0. The first-order chi connectivity index (χ1) is 10.7. The Bertz CT molecular complexity index is 575. The van der Waals surface area contributed by atoms with Gasteiger partial charge in [-0.1, -0.05) is 29.8 Å². The zero-order valence-corrected chi connectivity index (χ0v) is 14.4. The summed E-state index contributed by atoms with van der Waals surface area (Å²) in [6.45, 7) is 6.05. The summed E-state index contributed by atoms with van der Waals surface area (Å²) < 4.78 is 0. The molecular weight excluding hydrogens is 292 g/mol. The Kier molecular flexibility index (Phi) is 5.09. The molecule has 1 aromatic carbocycles. The van der Waals surface area contributed by atoms with Gasteiger partial charge < -0.3 is 14.9 Å². The van der Waals surface area contributed by atoms with E-state index in [1.54, 1.807) is 25.8 Å². The molecule has 23 heavy (non-hydrogen) atoms. The van der Waals surface area contributed by atoms with E-state index in [-0.39, 0.29) is 18.4 Å². The lowest BCUT2D eigenvalue weighted by molar-refractivity contribution is -0.142. The third-order valence-corrected chi connectivity index (χ3v) is 4.09. The molecule has 1 aliphatic rings. The van der Waals surface area contributed by atoms with Crippen LogP contribution in [0.4, 0.5) is 0 Å². The molecule has 1 heterocycles. The molecule has 0 radical (unpaired) electrons. The van der Waals surface area contributed by atoms with E-state index in [0.717, 1.165) is 5.56 Å². The number of benzene rings is 1. The van der Waals surface area contributed by atoms with Crippen LogP contribution in [0.15, 0.2) is 24.3 Å². The van der Waals surface area contributed by atoms with Crippen molar-refractivity contribution in [3.63, 3.8) is 0 Å². The monoisotopic (exact) mass is 318 g/mol. The number of likely N-dealkylation sites (N-methyl/N-ethyl adjacent to an activating group) is 1. The van der Waals surface area contributed by atoms with Gasteiger partial charge in [0.2, 0.25) is 11.8 Å². The third-order valence-electron chi connectivity index (χ3n) is 4.09. The van der Waals surface area contributed by atoms with Crippen molar-refractivity contribution in [1.82, 2.24) is 9.80 Å². The lowest BCUT2D eigenvalue weighted by atomic mass is 10.1. The van der Waals surface area contributed by atoms with E-state index >= 15 is 0 Å². The first kappa shape index (κ1) is 17.5. The number of hydrogen-bond acceptors (Lipinski definition) is 3. The van der Waals surface area contributed by atoms with Gasteiger partial charge >= 0.3 is 0 Å². The number of aliphatic hydroxyl groups is 1. The molecule has 0 spiro atoms. The summed E-state index contributed by atoms with van der Waals surface area (Å²) in [5.41, 5.74) is 1.24. The molecule has 1 N–H and O–H groups in total. The van der Waals surface area contributed by atoms with Crippen molar-refractivity contribution in [2.45, 2.75) is 51.8 Å². The van der Waals surface area contributed by atoms with Crippen LogP contribution in [0.2, 0.25) is 0 Å². The summed E-state index contributed by atoms with van der Waals surface area (Å²) in [7, 11) is 1.67. The van der Waals surface area contributed by atoms with Crippen molar-refractivity contribution < 1.29 is 14.7 Å². The molecule has 1 fully saturated rings. The lowest BCUT2D eigenvalue weighted by Gasteiger charge is -2.31. The number of rotatable bonds is 5.